The molecule has 1 fully saturated rings. The van der Waals surface area contributed by atoms with E-state index in [0.29, 0.717) is 19.8 Å². The lowest BCUT2D eigenvalue weighted by molar-refractivity contribution is -0.0496. The topological polar surface area (TPSA) is 41.9 Å². The molecule has 2 rings (SSSR count). The molecule has 0 aromatic heterocycles. The predicted octanol–water partition coefficient (Wildman–Crippen LogP) is 1.68. The number of hydrogen-bond donors (Lipinski definition) is 1. The third-order valence-corrected chi connectivity index (χ3v) is 3.75. The summed E-state index contributed by atoms with van der Waals surface area (Å²) < 4.78 is 10.9. The van der Waals surface area contributed by atoms with Gasteiger partial charge in [-0.05, 0) is 25.0 Å². The maximum atomic E-state index is 9.84. The molecule has 0 saturated carbocycles. The Morgan fingerprint density at radius 2 is 2.25 bits per heavy atom. The van der Waals surface area contributed by atoms with Crippen LogP contribution in [0.4, 0.5) is 0 Å². The highest BCUT2D eigenvalue weighted by atomic mass is 16.5. The van der Waals surface area contributed by atoms with Crippen molar-refractivity contribution < 1.29 is 14.6 Å². The highest BCUT2D eigenvalue weighted by molar-refractivity contribution is 5.32. The Morgan fingerprint density at radius 1 is 1.45 bits per heavy atom. The van der Waals surface area contributed by atoms with Gasteiger partial charge in [-0.2, -0.15) is 0 Å². The standard InChI is InChI=1S/C16H25NO3/c1-12-4-5-15(13(2)8-12)16-10-17(6-7-20-16)9-14(18)11-19-3/h4-5,8,14,16,18H,6-7,9-11H2,1-3H3. The quantitative estimate of drug-likeness (QED) is 0.890. The SMILES string of the molecule is COCC(O)CN1CCOC(c2ccc(C)cc2C)C1. The second kappa shape index (κ2) is 7.18. The first-order chi connectivity index (χ1) is 9.60. The summed E-state index contributed by atoms with van der Waals surface area (Å²) in [7, 11) is 1.61. The van der Waals surface area contributed by atoms with E-state index < -0.39 is 6.10 Å². The van der Waals surface area contributed by atoms with Gasteiger partial charge in [0.25, 0.3) is 0 Å². The number of benzene rings is 1. The molecule has 1 heterocycles. The minimum atomic E-state index is -0.433. The van der Waals surface area contributed by atoms with Crippen molar-refractivity contribution in [3.63, 3.8) is 0 Å². The Balaban J connectivity index is 1.99. The summed E-state index contributed by atoms with van der Waals surface area (Å²) in [4.78, 5) is 2.25. The van der Waals surface area contributed by atoms with Crippen LogP contribution in [0.25, 0.3) is 0 Å². The monoisotopic (exact) mass is 279 g/mol. The van der Waals surface area contributed by atoms with E-state index in [4.69, 9.17) is 9.47 Å². The molecule has 1 aromatic carbocycles. The van der Waals surface area contributed by atoms with E-state index in [1.54, 1.807) is 7.11 Å². The fraction of sp³-hybridized carbons (Fsp3) is 0.625. The molecule has 4 heteroatoms. The van der Waals surface area contributed by atoms with E-state index in [2.05, 4.69) is 36.9 Å². The van der Waals surface area contributed by atoms with E-state index in [-0.39, 0.29) is 6.10 Å². The molecule has 0 radical (unpaired) electrons. The van der Waals surface area contributed by atoms with Gasteiger partial charge in [-0.3, -0.25) is 4.90 Å². The maximum absolute atomic E-state index is 9.84. The molecule has 4 nitrogen and oxygen atoms in total. The molecular formula is C16H25NO3. The molecule has 2 atom stereocenters. The molecule has 1 aromatic rings. The van der Waals surface area contributed by atoms with Crippen molar-refractivity contribution in [1.82, 2.24) is 4.90 Å². The highest BCUT2D eigenvalue weighted by Crippen LogP contribution is 2.25. The number of rotatable bonds is 5. The number of aliphatic hydroxyl groups is 1. The fourth-order valence-electron chi connectivity index (χ4n) is 2.79. The van der Waals surface area contributed by atoms with Crippen LogP contribution in [0.2, 0.25) is 0 Å². The van der Waals surface area contributed by atoms with Gasteiger partial charge in [0.15, 0.2) is 0 Å². The van der Waals surface area contributed by atoms with E-state index in [1.807, 2.05) is 0 Å². The number of nitrogens with zero attached hydrogens (tertiary/aromatic N) is 1. The summed E-state index contributed by atoms with van der Waals surface area (Å²) in [5.74, 6) is 0. The number of aliphatic hydroxyl groups excluding tert-OH is 1. The number of ether oxygens (including phenoxy) is 2. The molecule has 0 aliphatic carbocycles. The summed E-state index contributed by atoms with van der Waals surface area (Å²) in [6.45, 7) is 7.64. The summed E-state index contributed by atoms with van der Waals surface area (Å²) in [5.41, 5.74) is 3.80. The molecule has 1 saturated heterocycles. The molecule has 0 spiro atoms. The van der Waals surface area contributed by atoms with Gasteiger partial charge in [0, 0.05) is 26.7 Å². The van der Waals surface area contributed by atoms with Gasteiger partial charge in [0.2, 0.25) is 0 Å². The van der Waals surface area contributed by atoms with Crippen LogP contribution < -0.4 is 0 Å². The fourth-order valence-corrected chi connectivity index (χ4v) is 2.79. The second-order valence-electron chi connectivity index (χ2n) is 5.59. The zero-order chi connectivity index (χ0) is 14.5. The first-order valence-electron chi connectivity index (χ1n) is 7.18. The van der Waals surface area contributed by atoms with Crippen LogP contribution >= 0.6 is 0 Å². The van der Waals surface area contributed by atoms with E-state index in [0.717, 1.165) is 13.1 Å². The molecule has 1 aliphatic heterocycles. The third-order valence-electron chi connectivity index (χ3n) is 3.75. The minimum absolute atomic E-state index is 0.0964. The van der Waals surface area contributed by atoms with Crippen molar-refractivity contribution in [3.05, 3.63) is 34.9 Å². The predicted molar refractivity (Wildman–Crippen MR) is 78.9 cm³/mol. The van der Waals surface area contributed by atoms with Crippen molar-refractivity contribution in [2.75, 3.05) is 40.0 Å². The number of methoxy groups -OCH3 is 1. The second-order valence-corrected chi connectivity index (χ2v) is 5.59. The van der Waals surface area contributed by atoms with Crippen LogP contribution in [0.5, 0.6) is 0 Å². The van der Waals surface area contributed by atoms with Crippen LogP contribution in [-0.4, -0.2) is 56.1 Å². The lowest BCUT2D eigenvalue weighted by Crippen LogP contribution is -2.43. The zero-order valence-electron chi connectivity index (χ0n) is 12.6. The number of morpholine rings is 1. The van der Waals surface area contributed by atoms with Gasteiger partial charge in [0.05, 0.1) is 25.4 Å². The van der Waals surface area contributed by atoms with E-state index >= 15 is 0 Å². The normalized spacial score (nSPS) is 21.9. The highest BCUT2D eigenvalue weighted by Gasteiger charge is 2.24. The van der Waals surface area contributed by atoms with Crippen LogP contribution in [-0.2, 0) is 9.47 Å². The summed E-state index contributed by atoms with van der Waals surface area (Å²) in [5, 5.41) is 9.84. The van der Waals surface area contributed by atoms with Gasteiger partial charge in [-0.15, -0.1) is 0 Å². The van der Waals surface area contributed by atoms with Gasteiger partial charge in [-0.1, -0.05) is 23.8 Å². The molecule has 112 valence electrons. The number of β-amino-alcohol motifs (C(OH)–C–C–N with tert-alkyl or cyclic N) is 1. The molecule has 0 amide bonds. The average molecular weight is 279 g/mol. The van der Waals surface area contributed by atoms with Gasteiger partial charge >= 0.3 is 0 Å². The van der Waals surface area contributed by atoms with Crippen LogP contribution in [0.15, 0.2) is 18.2 Å². The van der Waals surface area contributed by atoms with Crippen molar-refractivity contribution in [1.29, 1.82) is 0 Å². The van der Waals surface area contributed by atoms with Crippen molar-refractivity contribution in [3.8, 4) is 0 Å². The average Bonchev–Trinajstić information content (AvgIpc) is 2.39. The smallest absolute Gasteiger partial charge is 0.0954 e. The van der Waals surface area contributed by atoms with E-state index in [1.165, 1.54) is 16.7 Å². The van der Waals surface area contributed by atoms with Crippen molar-refractivity contribution >= 4 is 0 Å². The Labute approximate surface area is 121 Å². The zero-order valence-corrected chi connectivity index (χ0v) is 12.6. The van der Waals surface area contributed by atoms with Gasteiger partial charge < -0.3 is 14.6 Å². The van der Waals surface area contributed by atoms with Crippen LogP contribution in [0, 0.1) is 13.8 Å². The Morgan fingerprint density at radius 3 is 2.95 bits per heavy atom. The maximum Gasteiger partial charge on any atom is 0.0954 e. The minimum Gasteiger partial charge on any atom is -0.389 e. The first-order valence-corrected chi connectivity index (χ1v) is 7.18. The first kappa shape index (κ1) is 15.4. The number of aryl methyl sites for hydroxylation is 2. The summed E-state index contributed by atoms with van der Waals surface area (Å²) >= 11 is 0. The third kappa shape index (κ3) is 4.03. The van der Waals surface area contributed by atoms with Gasteiger partial charge in [-0.25, -0.2) is 0 Å². The Kier molecular flexibility index (Phi) is 5.54. The Bertz CT molecular complexity index is 436. The van der Waals surface area contributed by atoms with Crippen molar-refractivity contribution in [2.24, 2.45) is 0 Å². The van der Waals surface area contributed by atoms with Gasteiger partial charge in [0.1, 0.15) is 0 Å². The lowest BCUT2D eigenvalue weighted by atomic mass is 10.00. The molecule has 2 unspecified atom stereocenters. The Hall–Kier alpha value is -0.940. The van der Waals surface area contributed by atoms with Crippen LogP contribution in [0.3, 0.4) is 0 Å². The molecule has 0 bridgehead atoms. The lowest BCUT2D eigenvalue weighted by Gasteiger charge is -2.34. The molecule has 1 aliphatic rings. The van der Waals surface area contributed by atoms with E-state index in [9.17, 15) is 5.11 Å². The summed E-state index contributed by atoms with van der Waals surface area (Å²) in [6, 6.07) is 6.48. The van der Waals surface area contributed by atoms with Crippen LogP contribution in [0.1, 0.15) is 22.8 Å². The largest absolute Gasteiger partial charge is 0.389 e. The number of hydrogen-bond acceptors (Lipinski definition) is 4. The molecule has 20 heavy (non-hydrogen) atoms. The molecule has 1 N–H and O–H groups in total. The summed E-state index contributed by atoms with van der Waals surface area (Å²) in [6.07, 6.45) is -0.336. The van der Waals surface area contributed by atoms with Crippen molar-refractivity contribution in [2.45, 2.75) is 26.1 Å². The molecular weight excluding hydrogens is 254 g/mol.